The Kier molecular flexibility index (Phi) is 4.85. The molecule has 1 amide bonds. The second kappa shape index (κ2) is 6.81. The van der Waals surface area contributed by atoms with Crippen LogP contribution in [0.4, 0.5) is 4.39 Å². The molecule has 0 atom stereocenters. The number of hydrogen-bond acceptors (Lipinski definition) is 5. The first kappa shape index (κ1) is 18.5. The molecule has 0 radical (unpaired) electrons. The van der Waals surface area contributed by atoms with Gasteiger partial charge in [-0.05, 0) is 44.5 Å². The van der Waals surface area contributed by atoms with E-state index in [0.717, 1.165) is 6.07 Å². The third-order valence-electron chi connectivity index (χ3n) is 4.53. The van der Waals surface area contributed by atoms with Crippen molar-refractivity contribution in [2.75, 3.05) is 26.2 Å². The van der Waals surface area contributed by atoms with Gasteiger partial charge >= 0.3 is 0 Å². The molecule has 0 aliphatic carbocycles. The van der Waals surface area contributed by atoms with Crippen LogP contribution in [-0.4, -0.2) is 54.9 Å². The van der Waals surface area contributed by atoms with Crippen LogP contribution in [0, 0.1) is 26.6 Å². The number of carbonyl (C=O) groups excluding carboxylic acids is 1. The molecular formula is C17H20FN3O4S. The summed E-state index contributed by atoms with van der Waals surface area (Å²) in [5.41, 5.74) is 1.31. The lowest BCUT2D eigenvalue weighted by Crippen LogP contribution is -2.50. The highest BCUT2D eigenvalue weighted by atomic mass is 32.2. The Bertz CT molecular complexity index is 927. The van der Waals surface area contributed by atoms with Gasteiger partial charge in [-0.2, -0.15) is 4.31 Å². The number of aryl methyl sites for hydroxylation is 3. The number of sulfonamides is 1. The first-order valence-corrected chi connectivity index (χ1v) is 9.64. The summed E-state index contributed by atoms with van der Waals surface area (Å²) in [7, 11) is -3.73. The number of aromatic nitrogens is 1. The van der Waals surface area contributed by atoms with E-state index in [1.807, 2.05) is 0 Å². The lowest BCUT2D eigenvalue weighted by molar-refractivity contribution is 0.0695. The third kappa shape index (κ3) is 3.24. The molecule has 9 heteroatoms. The van der Waals surface area contributed by atoms with Crippen LogP contribution >= 0.6 is 0 Å². The Morgan fingerprint density at radius 3 is 2.35 bits per heavy atom. The van der Waals surface area contributed by atoms with Gasteiger partial charge in [0.2, 0.25) is 10.0 Å². The van der Waals surface area contributed by atoms with E-state index in [9.17, 15) is 17.6 Å². The molecule has 0 saturated carbocycles. The largest absolute Gasteiger partial charge is 0.361 e. The quantitative estimate of drug-likeness (QED) is 0.811. The Morgan fingerprint density at radius 2 is 1.81 bits per heavy atom. The van der Waals surface area contributed by atoms with Crippen molar-refractivity contribution in [3.05, 3.63) is 46.6 Å². The van der Waals surface area contributed by atoms with Crippen LogP contribution in [0.5, 0.6) is 0 Å². The first-order valence-electron chi connectivity index (χ1n) is 8.20. The number of hydrogen-bond donors (Lipinski definition) is 0. The van der Waals surface area contributed by atoms with Gasteiger partial charge in [-0.15, -0.1) is 0 Å². The number of benzene rings is 1. The molecule has 7 nitrogen and oxygen atoms in total. The molecule has 0 unspecified atom stereocenters. The Labute approximate surface area is 151 Å². The van der Waals surface area contributed by atoms with Gasteiger partial charge in [0.15, 0.2) is 0 Å². The number of halogens is 1. The SMILES string of the molecule is Cc1cc(F)ccc1S(=O)(=O)N1CCN(C(=O)c2c(C)noc2C)CC1. The molecule has 1 fully saturated rings. The molecule has 0 bridgehead atoms. The molecule has 26 heavy (non-hydrogen) atoms. The monoisotopic (exact) mass is 381 g/mol. The van der Waals surface area contributed by atoms with Gasteiger partial charge in [0.05, 0.1) is 10.6 Å². The highest BCUT2D eigenvalue weighted by molar-refractivity contribution is 7.89. The minimum absolute atomic E-state index is 0.0874. The standard InChI is InChI=1S/C17H20FN3O4S/c1-11-10-14(18)4-5-15(11)26(23,24)21-8-6-20(7-9-21)17(22)16-12(2)19-25-13(16)3/h4-5,10H,6-9H2,1-3H3. The van der Waals surface area contributed by atoms with Crippen LogP contribution in [0.1, 0.15) is 27.4 Å². The maximum atomic E-state index is 13.3. The lowest BCUT2D eigenvalue weighted by atomic mass is 10.1. The van der Waals surface area contributed by atoms with E-state index in [2.05, 4.69) is 5.16 Å². The van der Waals surface area contributed by atoms with E-state index >= 15 is 0 Å². The topological polar surface area (TPSA) is 83.7 Å². The van der Waals surface area contributed by atoms with Crippen molar-refractivity contribution in [3.63, 3.8) is 0 Å². The van der Waals surface area contributed by atoms with E-state index in [-0.39, 0.29) is 37.0 Å². The fraction of sp³-hybridized carbons (Fsp3) is 0.412. The second-order valence-corrected chi connectivity index (χ2v) is 8.21. The Morgan fingerprint density at radius 1 is 1.15 bits per heavy atom. The van der Waals surface area contributed by atoms with Gasteiger partial charge in [-0.1, -0.05) is 5.16 Å². The summed E-state index contributed by atoms with van der Waals surface area (Å²) in [5, 5.41) is 3.78. The van der Waals surface area contributed by atoms with E-state index < -0.39 is 15.8 Å². The summed E-state index contributed by atoms with van der Waals surface area (Å²) in [6.07, 6.45) is 0. The summed E-state index contributed by atoms with van der Waals surface area (Å²) in [6.45, 7) is 5.81. The molecule has 1 aromatic carbocycles. The zero-order valence-electron chi connectivity index (χ0n) is 14.8. The van der Waals surface area contributed by atoms with Crippen LogP contribution in [0.25, 0.3) is 0 Å². The Hall–Kier alpha value is -2.26. The molecule has 0 spiro atoms. The normalized spacial score (nSPS) is 16.1. The van der Waals surface area contributed by atoms with Crippen molar-refractivity contribution in [1.29, 1.82) is 0 Å². The van der Waals surface area contributed by atoms with E-state index in [4.69, 9.17) is 4.52 Å². The van der Waals surface area contributed by atoms with Gasteiger partial charge in [0, 0.05) is 26.2 Å². The predicted octanol–water partition coefficient (Wildman–Crippen LogP) is 1.89. The maximum absolute atomic E-state index is 13.3. The molecule has 0 N–H and O–H groups in total. The number of nitrogens with zero attached hydrogens (tertiary/aromatic N) is 3. The fourth-order valence-electron chi connectivity index (χ4n) is 3.12. The van der Waals surface area contributed by atoms with Gasteiger partial charge in [-0.25, -0.2) is 12.8 Å². The molecule has 140 valence electrons. The summed E-state index contributed by atoms with van der Waals surface area (Å²) in [6, 6.07) is 3.61. The number of piperazine rings is 1. The molecule has 1 aliphatic rings. The minimum Gasteiger partial charge on any atom is -0.361 e. The minimum atomic E-state index is -3.73. The lowest BCUT2D eigenvalue weighted by Gasteiger charge is -2.34. The fourth-order valence-corrected chi connectivity index (χ4v) is 4.75. The predicted molar refractivity (Wildman–Crippen MR) is 91.8 cm³/mol. The van der Waals surface area contributed by atoms with Crippen LogP contribution in [0.2, 0.25) is 0 Å². The molecule has 3 rings (SSSR count). The number of rotatable bonds is 3. The average Bonchev–Trinajstić information content (AvgIpc) is 2.92. The Balaban J connectivity index is 1.75. The first-order chi connectivity index (χ1) is 12.2. The highest BCUT2D eigenvalue weighted by Gasteiger charge is 2.32. The zero-order chi connectivity index (χ0) is 19.1. The molecule has 1 aliphatic heterocycles. The van der Waals surface area contributed by atoms with Crippen molar-refractivity contribution in [2.24, 2.45) is 0 Å². The summed E-state index contributed by atoms with van der Waals surface area (Å²) < 4.78 is 45.2. The van der Waals surface area contributed by atoms with Crippen LogP contribution < -0.4 is 0 Å². The van der Waals surface area contributed by atoms with Crippen molar-refractivity contribution in [2.45, 2.75) is 25.7 Å². The van der Waals surface area contributed by atoms with Gasteiger partial charge < -0.3 is 9.42 Å². The number of amides is 1. The maximum Gasteiger partial charge on any atom is 0.259 e. The summed E-state index contributed by atoms with van der Waals surface area (Å²) >= 11 is 0. The van der Waals surface area contributed by atoms with Crippen molar-refractivity contribution in [3.8, 4) is 0 Å². The molecule has 2 aromatic rings. The average molecular weight is 381 g/mol. The van der Waals surface area contributed by atoms with Crippen LogP contribution in [0.3, 0.4) is 0 Å². The second-order valence-electron chi connectivity index (χ2n) is 6.31. The van der Waals surface area contributed by atoms with Crippen molar-refractivity contribution in [1.82, 2.24) is 14.4 Å². The molecular weight excluding hydrogens is 361 g/mol. The van der Waals surface area contributed by atoms with E-state index in [1.165, 1.54) is 16.4 Å². The van der Waals surface area contributed by atoms with Gasteiger partial charge in [0.1, 0.15) is 17.1 Å². The molecule has 1 aromatic heterocycles. The van der Waals surface area contributed by atoms with E-state index in [0.29, 0.717) is 22.6 Å². The number of carbonyl (C=O) groups is 1. The van der Waals surface area contributed by atoms with Crippen molar-refractivity contribution >= 4 is 15.9 Å². The van der Waals surface area contributed by atoms with Gasteiger partial charge in [-0.3, -0.25) is 4.79 Å². The summed E-state index contributed by atoms with van der Waals surface area (Å²) in [5.74, 6) is -0.239. The van der Waals surface area contributed by atoms with E-state index in [1.54, 1.807) is 25.7 Å². The summed E-state index contributed by atoms with van der Waals surface area (Å²) in [4.78, 5) is 14.3. The van der Waals surface area contributed by atoms with Crippen LogP contribution in [-0.2, 0) is 10.0 Å². The molecule has 2 heterocycles. The zero-order valence-corrected chi connectivity index (χ0v) is 15.6. The van der Waals surface area contributed by atoms with Crippen molar-refractivity contribution < 1.29 is 22.1 Å². The van der Waals surface area contributed by atoms with Crippen LogP contribution in [0.15, 0.2) is 27.6 Å². The third-order valence-corrected chi connectivity index (χ3v) is 6.59. The molecule has 1 saturated heterocycles. The smallest absolute Gasteiger partial charge is 0.259 e. The van der Waals surface area contributed by atoms with Gasteiger partial charge in [0.25, 0.3) is 5.91 Å². The highest BCUT2D eigenvalue weighted by Crippen LogP contribution is 2.23.